The fraction of sp³-hybridized carbons (Fsp3) is 1.00. The lowest BCUT2D eigenvalue weighted by Gasteiger charge is -2.22. The van der Waals surface area contributed by atoms with Gasteiger partial charge in [-0.1, -0.05) is 41.7 Å². The van der Waals surface area contributed by atoms with Crippen LogP contribution in [0.3, 0.4) is 0 Å². The number of ether oxygens (including phenoxy) is 1. The van der Waals surface area contributed by atoms with Gasteiger partial charge in [-0.2, -0.15) is 0 Å². The Labute approximate surface area is 94.1 Å². The Morgan fingerprint density at radius 1 is 1.42 bits per heavy atom. The van der Waals surface area contributed by atoms with E-state index in [-0.39, 0.29) is 19.0 Å². The van der Waals surface area contributed by atoms with Gasteiger partial charge in [0.1, 0.15) is 6.10 Å². The van der Waals surface area contributed by atoms with Gasteiger partial charge in [-0.05, 0) is 6.42 Å². The van der Waals surface area contributed by atoms with Crippen LogP contribution in [0.5, 0.6) is 0 Å². The Bertz CT molecular complexity index is 106. The third kappa shape index (κ3) is 6.58. The zero-order valence-corrected chi connectivity index (χ0v) is 9.81. The Hall–Kier alpha value is 1.08. The van der Waals surface area contributed by atoms with E-state index in [1.165, 1.54) is 0 Å². The van der Waals surface area contributed by atoms with Gasteiger partial charge < -0.3 is 10.5 Å². The first-order chi connectivity index (χ1) is 5.02. The van der Waals surface area contributed by atoms with Crippen LogP contribution in [0.15, 0.2) is 0 Å². The molecule has 1 atom stereocenters. The quantitative estimate of drug-likeness (QED) is 0.785. The highest BCUT2D eigenvalue weighted by Crippen LogP contribution is 2.31. The zero-order chi connectivity index (χ0) is 8.91. The van der Waals surface area contributed by atoms with Crippen LogP contribution >= 0.6 is 47.2 Å². The topological polar surface area (TPSA) is 35.2 Å². The molecule has 2 N–H and O–H groups in total. The van der Waals surface area contributed by atoms with Crippen molar-refractivity contribution >= 4 is 47.2 Å². The van der Waals surface area contributed by atoms with Crippen molar-refractivity contribution in [2.45, 2.75) is 23.2 Å². The van der Waals surface area contributed by atoms with E-state index in [1.807, 2.05) is 6.92 Å². The van der Waals surface area contributed by atoms with E-state index in [0.29, 0.717) is 6.61 Å². The van der Waals surface area contributed by atoms with E-state index >= 15 is 0 Å². The normalized spacial score (nSPS) is 13.8. The second-order valence-electron chi connectivity index (χ2n) is 2.14. The van der Waals surface area contributed by atoms with Gasteiger partial charge in [-0.3, -0.25) is 0 Å². The van der Waals surface area contributed by atoms with Crippen molar-refractivity contribution in [1.29, 1.82) is 0 Å². The molecule has 0 fully saturated rings. The number of rotatable bonds is 4. The lowest BCUT2D eigenvalue weighted by atomic mass is 10.4. The molecule has 76 valence electrons. The van der Waals surface area contributed by atoms with Crippen molar-refractivity contribution in [3.8, 4) is 0 Å². The van der Waals surface area contributed by atoms with E-state index in [4.69, 9.17) is 45.3 Å². The highest BCUT2D eigenvalue weighted by atomic mass is 35.6. The van der Waals surface area contributed by atoms with Gasteiger partial charge in [0.15, 0.2) is 0 Å². The van der Waals surface area contributed by atoms with Gasteiger partial charge in [0.05, 0.1) is 0 Å². The summed E-state index contributed by atoms with van der Waals surface area (Å²) in [6, 6.07) is 0. The maximum Gasteiger partial charge on any atom is 0.217 e. The van der Waals surface area contributed by atoms with Crippen molar-refractivity contribution in [1.82, 2.24) is 0 Å². The van der Waals surface area contributed by atoms with E-state index in [2.05, 4.69) is 0 Å². The zero-order valence-electron chi connectivity index (χ0n) is 6.73. The fourth-order valence-electron chi connectivity index (χ4n) is 0.556. The maximum atomic E-state index is 5.56. The molecule has 0 bridgehead atoms. The number of hydrogen-bond acceptors (Lipinski definition) is 2. The summed E-state index contributed by atoms with van der Waals surface area (Å²) in [5.41, 5.74) is 5.32. The molecule has 2 nitrogen and oxygen atoms in total. The van der Waals surface area contributed by atoms with Gasteiger partial charge in [0.25, 0.3) is 0 Å². The predicted octanol–water partition coefficient (Wildman–Crippen LogP) is 2.53. The first kappa shape index (κ1) is 15.5. The molecule has 0 aromatic carbocycles. The molecule has 0 aliphatic carbocycles. The van der Waals surface area contributed by atoms with Crippen molar-refractivity contribution in [2.24, 2.45) is 5.73 Å². The Kier molecular flexibility index (Phi) is 9.69. The smallest absolute Gasteiger partial charge is 0.217 e. The van der Waals surface area contributed by atoms with Crippen molar-refractivity contribution in [2.75, 3.05) is 13.2 Å². The molecule has 1 unspecified atom stereocenters. The van der Waals surface area contributed by atoms with Gasteiger partial charge in [-0.25, -0.2) is 0 Å². The second kappa shape index (κ2) is 7.48. The first-order valence-corrected chi connectivity index (χ1v) is 4.54. The van der Waals surface area contributed by atoms with E-state index in [0.717, 1.165) is 6.42 Å². The van der Waals surface area contributed by atoms with Crippen LogP contribution in [-0.4, -0.2) is 23.0 Å². The lowest BCUT2D eigenvalue weighted by molar-refractivity contribution is 0.0622. The first-order valence-electron chi connectivity index (χ1n) is 3.40. The molecule has 0 aliphatic rings. The standard InChI is InChI=1S/C6H12Cl3NO.ClH/c1-2-3-11-5(4-10)6(7,8)9;/h5H,2-4,10H2,1H3;1H. The summed E-state index contributed by atoms with van der Waals surface area (Å²) in [6.07, 6.45) is 0.379. The number of alkyl halides is 3. The molecular weight excluding hydrogens is 244 g/mol. The Morgan fingerprint density at radius 2 is 1.92 bits per heavy atom. The summed E-state index contributed by atoms with van der Waals surface area (Å²) in [5.74, 6) is 0. The number of hydrogen-bond donors (Lipinski definition) is 1. The predicted molar refractivity (Wildman–Crippen MR) is 56.6 cm³/mol. The second-order valence-corrected chi connectivity index (χ2v) is 4.51. The molecule has 0 radical (unpaired) electrons. The fourth-order valence-corrected chi connectivity index (χ4v) is 1.01. The maximum absolute atomic E-state index is 5.56. The van der Waals surface area contributed by atoms with Crippen LogP contribution in [0.25, 0.3) is 0 Å². The Balaban J connectivity index is 0. The van der Waals surface area contributed by atoms with E-state index in [9.17, 15) is 0 Å². The van der Waals surface area contributed by atoms with E-state index in [1.54, 1.807) is 0 Å². The summed E-state index contributed by atoms with van der Waals surface area (Å²) >= 11 is 16.7. The number of nitrogens with two attached hydrogens (primary N) is 1. The molecule has 6 heteroatoms. The van der Waals surface area contributed by atoms with Crippen LogP contribution in [0.4, 0.5) is 0 Å². The molecule has 0 aliphatic heterocycles. The van der Waals surface area contributed by atoms with Gasteiger partial charge in [0, 0.05) is 13.2 Å². The molecule has 0 amide bonds. The average molecular weight is 257 g/mol. The van der Waals surface area contributed by atoms with Gasteiger partial charge >= 0.3 is 0 Å². The minimum Gasteiger partial charge on any atom is -0.372 e. The molecule has 0 aromatic rings. The van der Waals surface area contributed by atoms with Crippen molar-refractivity contribution in [3.63, 3.8) is 0 Å². The third-order valence-electron chi connectivity index (χ3n) is 1.10. The highest BCUT2D eigenvalue weighted by molar-refractivity contribution is 6.68. The molecule has 0 saturated heterocycles. The van der Waals surface area contributed by atoms with Crippen molar-refractivity contribution < 1.29 is 4.74 Å². The molecule has 0 spiro atoms. The largest absolute Gasteiger partial charge is 0.372 e. The minimum absolute atomic E-state index is 0. The van der Waals surface area contributed by atoms with Crippen LogP contribution in [0.2, 0.25) is 0 Å². The summed E-state index contributed by atoms with van der Waals surface area (Å²) in [5, 5.41) is 0. The average Bonchev–Trinajstić information content (AvgIpc) is 1.87. The Morgan fingerprint density at radius 3 is 2.17 bits per heavy atom. The van der Waals surface area contributed by atoms with Gasteiger partial charge in [-0.15, -0.1) is 12.4 Å². The molecule has 0 rings (SSSR count). The summed E-state index contributed by atoms with van der Waals surface area (Å²) in [4.78, 5) is 0. The number of halogens is 4. The summed E-state index contributed by atoms with van der Waals surface area (Å²) in [7, 11) is 0. The lowest BCUT2D eigenvalue weighted by Crippen LogP contribution is -2.36. The summed E-state index contributed by atoms with van der Waals surface area (Å²) < 4.78 is 3.77. The molecule has 0 heterocycles. The minimum atomic E-state index is -1.41. The molecular formula is C6H13Cl4NO. The summed E-state index contributed by atoms with van der Waals surface area (Å²) in [6.45, 7) is 2.76. The molecule has 0 saturated carbocycles. The van der Waals surface area contributed by atoms with Crippen LogP contribution < -0.4 is 5.73 Å². The monoisotopic (exact) mass is 255 g/mol. The highest BCUT2D eigenvalue weighted by Gasteiger charge is 2.31. The van der Waals surface area contributed by atoms with Crippen molar-refractivity contribution in [3.05, 3.63) is 0 Å². The SMILES string of the molecule is CCCOC(CN)C(Cl)(Cl)Cl.Cl. The van der Waals surface area contributed by atoms with Gasteiger partial charge in [0.2, 0.25) is 3.79 Å². The van der Waals surface area contributed by atoms with Crippen LogP contribution in [-0.2, 0) is 4.74 Å². The van der Waals surface area contributed by atoms with Crippen LogP contribution in [0, 0.1) is 0 Å². The molecule has 0 aromatic heterocycles. The molecule has 12 heavy (non-hydrogen) atoms. The van der Waals surface area contributed by atoms with Crippen LogP contribution in [0.1, 0.15) is 13.3 Å². The van der Waals surface area contributed by atoms with E-state index < -0.39 is 9.90 Å². The third-order valence-corrected chi connectivity index (χ3v) is 1.83.